The number of aliphatic hydroxyl groups is 1. The second kappa shape index (κ2) is 13.6. The number of nitrogens with two attached hydrogens (primary N) is 1. The van der Waals surface area contributed by atoms with Gasteiger partial charge in [-0.25, -0.2) is 0 Å². The number of benzene rings is 2. The summed E-state index contributed by atoms with van der Waals surface area (Å²) in [6.45, 7) is 9.02. The number of hydrogen-bond donors (Lipinski definition) is 4. The summed E-state index contributed by atoms with van der Waals surface area (Å²) in [5.74, 6) is -1.09. The van der Waals surface area contributed by atoms with Crippen molar-refractivity contribution in [3.8, 4) is 0 Å². The van der Waals surface area contributed by atoms with Gasteiger partial charge in [-0.3, -0.25) is 14.4 Å². The van der Waals surface area contributed by atoms with Crippen LogP contribution in [0.15, 0.2) is 48.5 Å². The molecule has 3 amide bonds. The van der Waals surface area contributed by atoms with Gasteiger partial charge < -0.3 is 26.4 Å². The van der Waals surface area contributed by atoms with Gasteiger partial charge in [-0.2, -0.15) is 0 Å². The van der Waals surface area contributed by atoms with E-state index in [0.29, 0.717) is 24.2 Å². The predicted octanol–water partition coefficient (Wildman–Crippen LogP) is 2.38. The molecule has 2 rings (SSSR count). The molecule has 5 N–H and O–H groups in total. The Morgan fingerprint density at radius 3 is 2.20 bits per heavy atom. The molecular weight excluding hydrogens is 444 g/mol. The zero-order valence-electron chi connectivity index (χ0n) is 21.1. The summed E-state index contributed by atoms with van der Waals surface area (Å²) in [6.07, 6.45) is 0.393. The van der Waals surface area contributed by atoms with E-state index in [1.54, 1.807) is 30.0 Å². The number of carbonyl (C=O) groups excluding carboxylic acids is 3. The van der Waals surface area contributed by atoms with E-state index in [0.717, 1.165) is 24.0 Å². The quantitative estimate of drug-likeness (QED) is 0.370. The van der Waals surface area contributed by atoms with Crippen molar-refractivity contribution < 1.29 is 19.5 Å². The van der Waals surface area contributed by atoms with Crippen molar-refractivity contribution in [1.82, 2.24) is 15.5 Å². The van der Waals surface area contributed by atoms with Gasteiger partial charge >= 0.3 is 0 Å². The molecule has 0 aliphatic carbocycles. The lowest BCUT2D eigenvalue weighted by Gasteiger charge is -2.25. The Kier molecular flexibility index (Phi) is 10.9. The van der Waals surface area contributed by atoms with E-state index < -0.39 is 30.0 Å². The van der Waals surface area contributed by atoms with E-state index in [9.17, 15) is 19.5 Å². The van der Waals surface area contributed by atoms with Crippen LogP contribution in [0, 0.1) is 6.92 Å². The van der Waals surface area contributed by atoms with E-state index in [-0.39, 0.29) is 12.5 Å². The number of amides is 3. The third-order valence-corrected chi connectivity index (χ3v) is 5.71. The van der Waals surface area contributed by atoms with Crippen molar-refractivity contribution in [2.75, 3.05) is 13.1 Å². The predicted molar refractivity (Wildman–Crippen MR) is 137 cm³/mol. The lowest BCUT2D eigenvalue weighted by molar-refractivity contribution is -0.125. The first-order valence-corrected chi connectivity index (χ1v) is 12.1. The number of nitrogens with one attached hydrogen (secondary N) is 2. The average Bonchev–Trinajstić information content (AvgIpc) is 2.85. The fraction of sp³-hybridized carbons (Fsp3) is 0.444. The van der Waals surface area contributed by atoms with Gasteiger partial charge in [-0.1, -0.05) is 44.2 Å². The van der Waals surface area contributed by atoms with Gasteiger partial charge in [0.05, 0.1) is 12.1 Å². The zero-order chi connectivity index (χ0) is 26.0. The highest BCUT2D eigenvalue weighted by Gasteiger charge is 2.29. The Bertz CT molecular complexity index is 990. The normalized spacial score (nSPS) is 13.4. The van der Waals surface area contributed by atoms with Gasteiger partial charge in [0.1, 0.15) is 6.04 Å². The summed E-state index contributed by atoms with van der Waals surface area (Å²) < 4.78 is 0. The first kappa shape index (κ1) is 28.0. The smallest absolute Gasteiger partial charge is 0.253 e. The monoisotopic (exact) mass is 482 g/mol. The van der Waals surface area contributed by atoms with Crippen LogP contribution in [0.2, 0.25) is 0 Å². The first-order chi connectivity index (χ1) is 16.7. The van der Waals surface area contributed by atoms with Crippen LogP contribution in [0.1, 0.15) is 65.5 Å². The number of aryl methyl sites for hydroxylation is 1. The van der Waals surface area contributed by atoms with Gasteiger partial charge in [-0.05, 0) is 56.0 Å². The van der Waals surface area contributed by atoms with Crippen molar-refractivity contribution in [1.29, 1.82) is 0 Å². The second-order valence-electron chi connectivity index (χ2n) is 8.86. The Balaban J connectivity index is 2.04. The maximum absolute atomic E-state index is 13.0. The molecule has 190 valence electrons. The fourth-order valence-corrected chi connectivity index (χ4v) is 3.82. The molecule has 2 aromatic carbocycles. The van der Waals surface area contributed by atoms with Crippen molar-refractivity contribution in [3.05, 3.63) is 70.8 Å². The standard InChI is InChI=1S/C27H38N4O4/c1-5-12-31(13-6-2)27(35)22-15-18(3)14-21(16-22)25(33)30-19(4)24(32)23(28)26(34)29-17-20-10-8-7-9-11-20/h7-11,14-16,19,23-24,32H,5-6,12-13,17,28H2,1-4H3,(H,29,34)(H,30,33)/t19-,23-,24-/m0/s1. The van der Waals surface area contributed by atoms with Gasteiger partial charge in [0.25, 0.3) is 11.8 Å². The van der Waals surface area contributed by atoms with Crippen LogP contribution in [-0.2, 0) is 11.3 Å². The zero-order valence-corrected chi connectivity index (χ0v) is 21.1. The van der Waals surface area contributed by atoms with E-state index in [2.05, 4.69) is 10.6 Å². The fourth-order valence-electron chi connectivity index (χ4n) is 3.82. The Morgan fingerprint density at radius 1 is 1.00 bits per heavy atom. The summed E-state index contributed by atoms with van der Waals surface area (Å²) in [5.41, 5.74) is 8.39. The third-order valence-electron chi connectivity index (χ3n) is 5.71. The molecule has 0 saturated heterocycles. The third kappa shape index (κ3) is 8.19. The van der Waals surface area contributed by atoms with Crippen LogP contribution in [0.4, 0.5) is 0 Å². The SMILES string of the molecule is CCCN(CCC)C(=O)c1cc(C)cc(C(=O)N[C@@H](C)[C@H](O)[C@H](N)C(=O)NCc2ccccc2)c1. The van der Waals surface area contributed by atoms with Crippen LogP contribution in [0.3, 0.4) is 0 Å². The minimum absolute atomic E-state index is 0.114. The summed E-state index contributed by atoms with van der Waals surface area (Å²) in [4.78, 5) is 40.1. The second-order valence-corrected chi connectivity index (χ2v) is 8.86. The van der Waals surface area contributed by atoms with Crippen molar-refractivity contribution in [2.24, 2.45) is 5.73 Å². The number of hydrogen-bond acceptors (Lipinski definition) is 5. The van der Waals surface area contributed by atoms with E-state index >= 15 is 0 Å². The molecule has 0 fully saturated rings. The molecule has 2 aromatic rings. The van der Waals surface area contributed by atoms with Crippen LogP contribution in [0.5, 0.6) is 0 Å². The number of nitrogens with zero attached hydrogens (tertiary/aromatic N) is 1. The van der Waals surface area contributed by atoms with Crippen LogP contribution < -0.4 is 16.4 Å². The highest BCUT2D eigenvalue weighted by Crippen LogP contribution is 2.14. The number of rotatable bonds is 12. The molecule has 8 heteroatoms. The largest absolute Gasteiger partial charge is 0.389 e. The molecule has 0 unspecified atom stereocenters. The molecule has 0 aliphatic heterocycles. The summed E-state index contributed by atoms with van der Waals surface area (Å²) in [5, 5.41) is 16.0. The first-order valence-electron chi connectivity index (χ1n) is 12.1. The van der Waals surface area contributed by atoms with E-state index in [1.807, 2.05) is 51.1 Å². The molecule has 0 bridgehead atoms. The Morgan fingerprint density at radius 2 is 1.60 bits per heavy atom. The molecule has 0 aromatic heterocycles. The number of aliphatic hydroxyl groups excluding tert-OH is 1. The van der Waals surface area contributed by atoms with Crippen LogP contribution >= 0.6 is 0 Å². The maximum atomic E-state index is 13.0. The van der Waals surface area contributed by atoms with Gasteiger partial charge in [0.2, 0.25) is 5.91 Å². The van der Waals surface area contributed by atoms with Crippen LogP contribution in [-0.4, -0.2) is 59.0 Å². The number of carbonyl (C=O) groups is 3. The van der Waals surface area contributed by atoms with Crippen molar-refractivity contribution >= 4 is 17.7 Å². The minimum Gasteiger partial charge on any atom is -0.389 e. The highest BCUT2D eigenvalue weighted by molar-refractivity contribution is 6.00. The van der Waals surface area contributed by atoms with E-state index in [1.165, 1.54) is 0 Å². The van der Waals surface area contributed by atoms with Gasteiger partial charge in [0, 0.05) is 30.8 Å². The molecule has 8 nitrogen and oxygen atoms in total. The molecule has 0 saturated carbocycles. The van der Waals surface area contributed by atoms with Crippen LogP contribution in [0.25, 0.3) is 0 Å². The van der Waals surface area contributed by atoms with Crippen molar-refractivity contribution in [3.63, 3.8) is 0 Å². The lowest BCUT2D eigenvalue weighted by atomic mass is 10.0. The molecule has 3 atom stereocenters. The molecular formula is C27H38N4O4. The van der Waals surface area contributed by atoms with Crippen molar-refractivity contribution in [2.45, 2.75) is 65.3 Å². The summed E-state index contributed by atoms with van der Waals surface area (Å²) >= 11 is 0. The van der Waals surface area contributed by atoms with Gasteiger partial charge in [0.15, 0.2) is 0 Å². The molecule has 0 aliphatic rings. The highest BCUT2D eigenvalue weighted by atomic mass is 16.3. The topological polar surface area (TPSA) is 125 Å². The molecule has 0 heterocycles. The van der Waals surface area contributed by atoms with Gasteiger partial charge in [-0.15, -0.1) is 0 Å². The Labute approximate surface area is 207 Å². The lowest BCUT2D eigenvalue weighted by Crippen LogP contribution is -2.55. The molecule has 35 heavy (non-hydrogen) atoms. The molecule has 0 radical (unpaired) electrons. The average molecular weight is 483 g/mol. The van der Waals surface area contributed by atoms with E-state index in [4.69, 9.17) is 5.73 Å². The summed E-state index contributed by atoms with van der Waals surface area (Å²) in [7, 11) is 0. The Hall–Kier alpha value is -3.23. The summed E-state index contributed by atoms with van der Waals surface area (Å²) in [6, 6.07) is 12.3. The maximum Gasteiger partial charge on any atom is 0.253 e. The molecule has 0 spiro atoms. The minimum atomic E-state index is -1.30.